The smallest absolute Gasteiger partial charge is 0.0894 e. The van der Waals surface area contributed by atoms with Crippen molar-refractivity contribution in [2.75, 3.05) is 0 Å². The van der Waals surface area contributed by atoms with Gasteiger partial charge in [-0.25, -0.2) is 9.97 Å². The number of nitrogens with zero attached hydrogens (tertiary/aromatic N) is 2. The molecule has 0 N–H and O–H groups in total. The molecular formula is C20H16N2. The summed E-state index contributed by atoms with van der Waals surface area (Å²) in [6.45, 7) is 4.18. The van der Waals surface area contributed by atoms with E-state index in [0.717, 1.165) is 33.2 Å². The van der Waals surface area contributed by atoms with E-state index in [1.807, 2.05) is 12.1 Å². The Morgan fingerprint density at radius 1 is 0.545 bits per heavy atom. The standard InChI is InChI=1S/C20H16N2/c1-13-3-5-15-7-9-17(21-19(15)11-13)18-10-8-16-6-4-14(2)12-20(16)22-18/h3-12H,1-2H3. The Labute approximate surface area is 129 Å². The molecule has 0 radical (unpaired) electrons. The summed E-state index contributed by atoms with van der Waals surface area (Å²) in [5, 5.41) is 2.32. The summed E-state index contributed by atoms with van der Waals surface area (Å²) in [5.41, 5.74) is 6.31. The van der Waals surface area contributed by atoms with E-state index in [9.17, 15) is 0 Å². The van der Waals surface area contributed by atoms with Crippen molar-refractivity contribution in [2.45, 2.75) is 13.8 Å². The second kappa shape index (κ2) is 4.92. The molecule has 2 heterocycles. The highest BCUT2D eigenvalue weighted by atomic mass is 14.8. The van der Waals surface area contributed by atoms with Crippen molar-refractivity contribution in [2.24, 2.45) is 0 Å². The second-order valence-electron chi connectivity index (χ2n) is 5.79. The number of hydrogen-bond acceptors (Lipinski definition) is 2. The molecular weight excluding hydrogens is 268 g/mol. The van der Waals surface area contributed by atoms with Crippen LogP contribution in [0.4, 0.5) is 0 Å². The molecule has 0 aliphatic carbocycles. The molecule has 0 saturated carbocycles. The minimum Gasteiger partial charge on any atom is -0.246 e. The van der Waals surface area contributed by atoms with Gasteiger partial charge in [-0.1, -0.05) is 36.4 Å². The first-order valence-electron chi connectivity index (χ1n) is 7.44. The van der Waals surface area contributed by atoms with Crippen LogP contribution < -0.4 is 0 Å². The summed E-state index contributed by atoms with van der Waals surface area (Å²) < 4.78 is 0. The molecule has 0 atom stereocenters. The molecule has 2 aromatic carbocycles. The van der Waals surface area contributed by atoms with Gasteiger partial charge in [-0.15, -0.1) is 0 Å². The lowest BCUT2D eigenvalue weighted by atomic mass is 10.1. The first-order chi connectivity index (χ1) is 10.7. The van der Waals surface area contributed by atoms with Gasteiger partial charge in [0.25, 0.3) is 0 Å². The maximum absolute atomic E-state index is 4.77. The summed E-state index contributed by atoms with van der Waals surface area (Å²) in [5.74, 6) is 0. The van der Waals surface area contributed by atoms with Gasteiger partial charge in [0.1, 0.15) is 0 Å². The lowest BCUT2D eigenvalue weighted by Crippen LogP contribution is -1.90. The fraction of sp³-hybridized carbons (Fsp3) is 0.100. The molecule has 0 aliphatic rings. The molecule has 2 aromatic heterocycles. The van der Waals surface area contributed by atoms with E-state index in [4.69, 9.17) is 9.97 Å². The van der Waals surface area contributed by atoms with Gasteiger partial charge in [0.15, 0.2) is 0 Å². The Kier molecular flexibility index (Phi) is 2.90. The number of aromatic nitrogens is 2. The predicted molar refractivity (Wildman–Crippen MR) is 92.0 cm³/mol. The average molecular weight is 284 g/mol. The van der Waals surface area contributed by atoms with Gasteiger partial charge in [-0.2, -0.15) is 0 Å². The Hall–Kier alpha value is -2.74. The molecule has 2 heteroatoms. The lowest BCUT2D eigenvalue weighted by molar-refractivity contribution is 1.31. The molecule has 4 aromatic rings. The van der Waals surface area contributed by atoms with Crippen LogP contribution in [0, 0.1) is 13.8 Å². The Bertz CT molecular complexity index is 920. The largest absolute Gasteiger partial charge is 0.246 e. The van der Waals surface area contributed by atoms with Gasteiger partial charge in [-0.3, -0.25) is 0 Å². The summed E-state index contributed by atoms with van der Waals surface area (Å²) in [4.78, 5) is 9.55. The van der Waals surface area contributed by atoms with E-state index in [2.05, 4.69) is 62.4 Å². The molecule has 0 aliphatic heterocycles. The molecule has 0 amide bonds. The van der Waals surface area contributed by atoms with Crippen LogP contribution in [-0.4, -0.2) is 9.97 Å². The van der Waals surface area contributed by atoms with E-state index >= 15 is 0 Å². The van der Waals surface area contributed by atoms with Crippen molar-refractivity contribution >= 4 is 21.8 Å². The maximum atomic E-state index is 4.77. The van der Waals surface area contributed by atoms with Crippen LogP contribution >= 0.6 is 0 Å². The van der Waals surface area contributed by atoms with Crippen molar-refractivity contribution in [3.05, 3.63) is 71.8 Å². The number of pyridine rings is 2. The van der Waals surface area contributed by atoms with Gasteiger partial charge >= 0.3 is 0 Å². The third kappa shape index (κ3) is 2.23. The Morgan fingerprint density at radius 2 is 0.955 bits per heavy atom. The molecule has 0 unspecified atom stereocenters. The van der Waals surface area contributed by atoms with E-state index in [-0.39, 0.29) is 0 Å². The number of rotatable bonds is 1. The first-order valence-corrected chi connectivity index (χ1v) is 7.44. The first kappa shape index (κ1) is 13.0. The zero-order valence-corrected chi connectivity index (χ0v) is 12.7. The van der Waals surface area contributed by atoms with Crippen LogP contribution in [0.5, 0.6) is 0 Å². The fourth-order valence-corrected chi connectivity index (χ4v) is 2.74. The highest BCUT2D eigenvalue weighted by Gasteiger charge is 2.05. The van der Waals surface area contributed by atoms with Crippen LogP contribution in [0.15, 0.2) is 60.7 Å². The number of hydrogen-bond donors (Lipinski definition) is 0. The molecule has 0 fully saturated rings. The predicted octanol–water partition coefficient (Wildman–Crippen LogP) is 5.07. The van der Waals surface area contributed by atoms with E-state index in [1.54, 1.807) is 0 Å². The SMILES string of the molecule is Cc1ccc2ccc(-c3ccc4ccc(C)cc4n3)nc2c1. The monoisotopic (exact) mass is 284 g/mol. The zero-order chi connectivity index (χ0) is 15.1. The Morgan fingerprint density at radius 3 is 1.41 bits per heavy atom. The Balaban J connectivity index is 1.90. The van der Waals surface area contributed by atoms with E-state index in [1.165, 1.54) is 11.1 Å². The molecule has 0 spiro atoms. The molecule has 0 saturated heterocycles. The summed E-state index contributed by atoms with van der Waals surface area (Å²) in [6, 6.07) is 21.0. The second-order valence-corrected chi connectivity index (χ2v) is 5.79. The maximum Gasteiger partial charge on any atom is 0.0894 e. The van der Waals surface area contributed by atoms with Gasteiger partial charge in [0, 0.05) is 10.8 Å². The van der Waals surface area contributed by atoms with Crippen LogP contribution in [0.2, 0.25) is 0 Å². The fourth-order valence-electron chi connectivity index (χ4n) is 2.74. The minimum absolute atomic E-state index is 0.918. The van der Waals surface area contributed by atoms with Crippen molar-refractivity contribution < 1.29 is 0 Å². The summed E-state index contributed by atoms with van der Waals surface area (Å²) >= 11 is 0. The quantitative estimate of drug-likeness (QED) is 0.488. The molecule has 22 heavy (non-hydrogen) atoms. The highest BCUT2D eigenvalue weighted by Crippen LogP contribution is 2.23. The summed E-state index contributed by atoms with van der Waals surface area (Å²) in [6.07, 6.45) is 0. The zero-order valence-electron chi connectivity index (χ0n) is 12.7. The van der Waals surface area contributed by atoms with Gasteiger partial charge in [-0.05, 0) is 49.2 Å². The minimum atomic E-state index is 0.918. The third-order valence-electron chi connectivity index (χ3n) is 3.96. The third-order valence-corrected chi connectivity index (χ3v) is 3.96. The van der Waals surface area contributed by atoms with Crippen molar-refractivity contribution in [1.82, 2.24) is 9.97 Å². The molecule has 106 valence electrons. The lowest BCUT2D eigenvalue weighted by Gasteiger charge is -2.05. The van der Waals surface area contributed by atoms with Crippen molar-refractivity contribution in [3.8, 4) is 11.4 Å². The van der Waals surface area contributed by atoms with Crippen LogP contribution in [0.1, 0.15) is 11.1 Å². The van der Waals surface area contributed by atoms with Crippen LogP contribution in [-0.2, 0) is 0 Å². The highest BCUT2D eigenvalue weighted by molar-refractivity contribution is 5.84. The topological polar surface area (TPSA) is 25.8 Å². The van der Waals surface area contributed by atoms with Gasteiger partial charge in [0.05, 0.1) is 22.4 Å². The van der Waals surface area contributed by atoms with Gasteiger partial charge < -0.3 is 0 Å². The average Bonchev–Trinajstić information content (AvgIpc) is 2.53. The molecule has 0 bridgehead atoms. The van der Waals surface area contributed by atoms with Crippen molar-refractivity contribution in [1.29, 1.82) is 0 Å². The number of benzene rings is 2. The summed E-state index contributed by atoms with van der Waals surface area (Å²) in [7, 11) is 0. The van der Waals surface area contributed by atoms with Crippen LogP contribution in [0.3, 0.4) is 0 Å². The van der Waals surface area contributed by atoms with Crippen LogP contribution in [0.25, 0.3) is 33.2 Å². The number of fused-ring (bicyclic) bond motifs is 2. The molecule has 2 nitrogen and oxygen atoms in total. The normalized spacial score (nSPS) is 11.2. The van der Waals surface area contributed by atoms with E-state index in [0.29, 0.717) is 0 Å². The van der Waals surface area contributed by atoms with E-state index < -0.39 is 0 Å². The molecule has 4 rings (SSSR count). The number of aryl methyl sites for hydroxylation is 2. The van der Waals surface area contributed by atoms with Crippen molar-refractivity contribution in [3.63, 3.8) is 0 Å². The van der Waals surface area contributed by atoms with Gasteiger partial charge in [0.2, 0.25) is 0 Å².